The van der Waals surface area contributed by atoms with Crippen molar-refractivity contribution in [2.24, 2.45) is 0 Å². The molecule has 0 atom stereocenters. The van der Waals surface area contributed by atoms with E-state index in [2.05, 4.69) is 64.7 Å². The molecule has 2 fully saturated rings. The molecule has 0 saturated carbocycles. The van der Waals surface area contributed by atoms with Crippen LogP contribution >= 0.6 is 34.8 Å². The van der Waals surface area contributed by atoms with Gasteiger partial charge in [-0.1, -0.05) is 46.9 Å². The zero-order chi connectivity index (χ0) is 43.8. The van der Waals surface area contributed by atoms with Gasteiger partial charge in [0.1, 0.15) is 28.4 Å². The summed E-state index contributed by atoms with van der Waals surface area (Å²) in [6.07, 6.45) is 3.23. The first-order chi connectivity index (χ1) is 29.9. The predicted molar refractivity (Wildman–Crippen MR) is 247 cm³/mol. The largest absolute Gasteiger partial charge is 0.482 e. The van der Waals surface area contributed by atoms with Gasteiger partial charge in [-0.2, -0.15) is 0 Å². The summed E-state index contributed by atoms with van der Waals surface area (Å²) in [6, 6.07) is 20.2. The van der Waals surface area contributed by atoms with Gasteiger partial charge in [0.25, 0.3) is 5.91 Å². The minimum atomic E-state index is -0.358. The lowest BCUT2D eigenvalue weighted by Gasteiger charge is -2.35. The van der Waals surface area contributed by atoms with E-state index in [1.54, 1.807) is 30.3 Å². The number of amides is 2. The maximum Gasteiger partial charge on any atom is 0.263 e. The van der Waals surface area contributed by atoms with Crippen LogP contribution in [0.25, 0.3) is 22.1 Å². The molecule has 0 spiro atoms. The van der Waals surface area contributed by atoms with E-state index in [1.165, 1.54) is 0 Å². The Bertz CT molecular complexity index is 2530. The number of nitrogens with one attached hydrogen (secondary N) is 3. The smallest absolute Gasteiger partial charge is 0.263 e. The van der Waals surface area contributed by atoms with Gasteiger partial charge >= 0.3 is 0 Å². The SMILES string of the molecule is Cc1nc(N2CCC(N(C)C)CC2)nc2ccc(NC(=O)CCc3ccc(Cl)cc3)nc12.Cc1nc(N2CCNCC2)nc2ccc(NC(=O)COc3ccc(Cl)cc3Cl)nc12. The highest BCUT2D eigenvalue weighted by atomic mass is 35.5. The van der Waals surface area contributed by atoms with Crippen molar-refractivity contribution in [2.45, 2.75) is 45.6 Å². The number of pyridine rings is 2. The molecule has 18 heteroatoms. The molecule has 2 amide bonds. The Balaban J connectivity index is 0.000000187. The first-order valence-corrected chi connectivity index (χ1v) is 21.6. The summed E-state index contributed by atoms with van der Waals surface area (Å²) in [4.78, 5) is 59.1. The molecular weight excluding hydrogens is 851 g/mol. The van der Waals surface area contributed by atoms with Crippen LogP contribution in [-0.2, 0) is 16.0 Å². The number of halogens is 3. The summed E-state index contributed by atoms with van der Waals surface area (Å²) in [6.45, 7) is 9.07. The van der Waals surface area contributed by atoms with Gasteiger partial charge in [-0.05, 0) is 107 Å². The second-order valence-electron chi connectivity index (χ2n) is 15.4. The van der Waals surface area contributed by atoms with Gasteiger partial charge in [0.2, 0.25) is 17.8 Å². The van der Waals surface area contributed by atoms with Crippen molar-refractivity contribution >= 4 is 92.2 Å². The maximum absolute atomic E-state index is 12.4. The molecule has 2 aromatic carbocycles. The topological polar surface area (TPSA) is 167 Å². The van der Waals surface area contributed by atoms with Crippen LogP contribution in [0.15, 0.2) is 66.7 Å². The summed E-state index contributed by atoms with van der Waals surface area (Å²) in [5, 5.41) is 10.5. The molecule has 6 heterocycles. The van der Waals surface area contributed by atoms with E-state index in [0.717, 1.165) is 86.0 Å². The maximum atomic E-state index is 12.4. The number of anilines is 4. The highest BCUT2D eigenvalue weighted by Crippen LogP contribution is 2.28. The second kappa shape index (κ2) is 20.6. The van der Waals surface area contributed by atoms with Crippen LogP contribution in [0.5, 0.6) is 5.75 Å². The molecule has 2 aliphatic rings. The van der Waals surface area contributed by atoms with Crippen LogP contribution in [0.3, 0.4) is 0 Å². The average Bonchev–Trinajstić information content (AvgIpc) is 3.27. The number of carbonyl (C=O) groups excluding carboxylic acids is 2. The molecule has 0 aliphatic carbocycles. The highest BCUT2D eigenvalue weighted by molar-refractivity contribution is 6.35. The fourth-order valence-corrected chi connectivity index (χ4v) is 7.77. The van der Waals surface area contributed by atoms with E-state index < -0.39 is 0 Å². The molecule has 6 aromatic rings. The number of aryl methyl sites for hydroxylation is 3. The van der Waals surface area contributed by atoms with Gasteiger partial charge in [0.05, 0.1) is 27.4 Å². The summed E-state index contributed by atoms with van der Waals surface area (Å²) < 4.78 is 5.45. The standard InChI is InChI=1S/C24H29ClN6O.C20H20Cl2N6O2/c1-16-23-20(27-24(26-16)31-14-12-19(13-15-31)30(2)3)9-10-21(29-23)28-22(32)11-6-17-4-7-18(25)8-5-17;1-12-19-15(25-20(24-12)28-8-6-23-7-9-28)3-5-17(27-19)26-18(29)11-30-16-4-2-13(21)10-14(16)22/h4-5,7-10,19H,6,11-15H2,1-3H3,(H,28,29,32);2-5,10,23H,6-9,11H2,1H3,(H,26,27,29). The number of benzene rings is 2. The van der Waals surface area contributed by atoms with Crippen molar-refractivity contribution in [1.29, 1.82) is 0 Å². The van der Waals surface area contributed by atoms with Crippen LogP contribution in [0.1, 0.15) is 36.2 Å². The number of nitrogens with zero attached hydrogens (tertiary/aromatic N) is 9. The molecule has 0 radical (unpaired) electrons. The molecule has 4 aromatic heterocycles. The number of hydrogen-bond acceptors (Lipinski definition) is 13. The second-order valence-corrected chi connectivity index (χ2v) is 16.6. The zero-order valence-corrected chi connectivity index (χ0v) is 37.4. The van der Waals surface area contributed by atoms with E-state index >= 15 is 0 Å². The zero-order valence-electron chi connectivity index (χ0n) is 35.1. The van der Waals surface area contributed by atoms with Crippen LogP contribution in [0, 0.1) is 13.8 Å². The number of fused-ring (bicyclic) bond motifs is 2. The van der Waals surface area contributed by atoms with Crippen LogP contribution in [0.2, 0.25) is 15.1 Å². The van der Waals surface area contributed by atoms with Gasteiger partial charge in [0, 0.05) is 61.8 Å². The Hall–Kier alpha value is -5.45. The van der Waals surface area contributed by atoms with E-state index in [4.69, 9.17) is 49.5 Å². The fourth-order valence-electron chi connectivity index (χ4n) is 7.19. The predicted octanol–water partition coefficient (Wildman–Crippen LogP) is 7.16. The molecule has 2 saturated heterocycles. The lowest BCUT2D eigenvalue weighted by atomic mass is 10.0. The van der Waals surface area contributed by atoms with Crippen LogP contribution in [-0.4, -0.2) is 113 Å². The van der Waals surface area contributed by atoms with Crippen molar-refractivity contribution in [3.05, 3.63) is 98.7 Å². The van der Waals surface area contributed by atoms with Gasteiger partial charge in [-0.25, -0.2) is 29.9 Å². The molecule has 62 heavy (non-hydrogen) atoms. The number of hydrogen-bond donors (Lipinski definition) is 3. The monoisotopic (exact) mass is 898 g/mol. The Labute approximate surface area is 375 Å². The number of rotatable bonds is 11. The lowest BCUT2D eigenvalue weighted by Crippen LogP contribution is -2.44. The number of ether oxygens (including phenoxy) is 1. The van der Waals surface area contributed by atoms with E-state index in [-0.39, 0.29) is 18.4 Å². The molecule has 0 bridgehead atoms. The van der Waals surface area contributed by atoms with Crippen molar-refractivity contribution in [3.8, 4) is 5.75 Å². The van der Waals surface area contributed by atoms with Crippen molar-refractivity contribution < 1.29 is 14.3 Å². The third-order valence-electron chi connectivity index (χ3n) is 10.6. The average molecular weight is 900 g/mol. The molecule has 8 rings (SSSR count). The minimum absolute atomic E-state index is 0.0780. The van der Waals surface area contributed by atoms with Crippen molar-refractivity contribution in [2.75, 3.05) is 80.4 Å². The summed E-state index contributed by atoms with van der Waals surface area (Å²) in [5.41, 5.74) is 5.54. The normalized spacial score (nSPS) is 14.5. The van der Waals surface area contributed by atoms with E-state index in [9.17, 15) is 9.59 Å². The van der Waals surface area contributed by atoms with Gasteiger partial charge in [0.15, 0.2) is 6.61 Å². The summed E-state index contributed by atoms with van der Waals surface area (Å²) in [7, 11) is 4.27. The molecule has 3 N–H and O–H groups in total. The molecule has 324 valence electrons. The number of aromatic nitrogens is 6. The quantitative estimate of drug-likeness (QED) is 0.120. The van der Waals surface area contributed by atoms with Crippen LogP contribution < -0.4 is 30.5 Å². The lowest BCUT2D eigenvalue weighted by molar-refractivity contribution is -0.118. The Kier molecular flexibility index (Phi) is 14.8. The number of carbonyl (C=O) groups is 2. The van der Waals surface area contributed by atoms with Gasteiger partial charge in [-0.3, -0.25) is 9.59 Å². The highest BCUT2D eigenvalue weighted by Gasteiger charge is 2.23. The molecule has 2 aliphatic heterocycles. The van der Waals surface area contributed by atoms with Gasteiger partial charge < -0.3 is 35.4 Å². The van der Waals surface area contributed by atoms with E-state index in [1.807, 2.05) is 50.2 Å². The Morgan fingerprint density at radius 1 is 0.710 bits per heavy atom. The third-order valence-corrected chi connectivity index (χ3v) is 11.4. The first-order valence-electron chi connectivity index (χ1n) is 20.5. The van der Waals surface area contributed by atoms with Crippen molar-refractivity contribution in [1.82, 2.24) is 40.1 Å². The van der Waals surface area contributed by atoms with Crippen molar-refractivity contribution in [3.63, 3.8) is 0 Å². The molecule has 0 unspecified atom stereocenters. The summed E-state index contributed by atoms with van der Waals surface area (Å²) in [5.74, 6) is 2.33. The number of piperazine rings is 1. The van der Waals surface area contributed by atoms with E-state index in [0.29, 0.717) is 68.3 Å². The number of piperidine rings is 1. The minimum Gasteiger partial charge on any atom is -0.482 e. The first kappa shape index (κ1) is 44.6. The Morgan fingerprint density at radius 3 is 1.82 bits per heavy atom. The third kappa shape index (κ3) is 11.7. The van der Waals surface area contributed by atoms with Crippen LogP contribution in [0.4, 0.5) is 23.5 Å². The Morgan fingerprint density at radius 2 is 1.26 bits per heavy atom. The summed E-state index contributed by atoms with van der Waals surface area (Å²) >= 11 is 17.8. The van der Waals surface area contributed by atoms with Gasteiger partial charge in [-0.15, -0.1) is 0 Å². The molecular formula is C44H49Cl3N12O3. The molecule has 15 nitrogen and oxygen atoms in total. The fraction of sp³-hybridized carbons (Fsp3) is 0.364.